The van der Waals surface area contributed by atoms with Gasteiger partial charge in [0.15, 0.2) is 0 Å². The first kappa shape index (κ1) is 15.2. The van der Waals surface area contributed by atoms with Gasteiger partial charge in [-0.2, -0.15) is 0 Å². The van der Waals surface area contributed by atoms with Crippen LogP contribution in [0.2, 0.25) is 0 Å². The number of hydrogen-bond donors (Lipinski definition) is 1. The molecule has 6 heteroatoms. The van der Waals surface area contributed by atoms with Crippen LogP contribution >= 0.6 is 11.8 Å². The molecule has 0 bridgehead atoms. The van der Waals surface area contributed by atoms with E-state index in [0.29, 0.717) is 17.0 Å². The highest BCUT2D eigenvalue weighted by Gasteiger charge is 2.07. The van der Waals surface area contributed by atoms with Gasteiger partial charge in [-0.15, -0.1) is 11.8 Å². The van der Waals surface area contributed by atoms with Gasteiger partial charge in [-0.05, 0) is 24.3 Å². The number of nitrogen functional groups attached to an aromatic ring is 1. The zero-order valence-corrected chi connectivity index (χ0v) is 12.6. The van der Waals surface area contributed by atoms with E-state index in [1.165, 1.54) is 13.3 Å². The molecule has 0 spiro atoms. The number of esters is 1. The number of nitrogens with two attached hydrogens (primary N) is 1. The SMILES string of the molecule is COC(=O)c1ccc(CSc2ccc(N)cc2OC)nc1. The summed E-state index contributed by atoms with van der Waals surface area (Å²) in [5.74, 6) is 1.02. The van der Waals surface area contributed by atoms with Gasteiger partial charge in [0.05, 0.1) is 25.5 Å². The van der Waals surface area contributed by atoms with Crippen molar-refractivity contribution in [3.63, 3.8) is 0 Å². The molecular weight excluding hydrogens is 288 g/mol. The lowest BCUT2D eigenvalue weighted by molar-refractivity contribution is 0.0600. The monoisotopic (exact) mass is 304 g/mol. The number of carbonyl (C=O) groups is 1. The largest absolute Gasteiger partial charge is 0.496 e. The lowest BCUT2D eigenvalue weighted by Gasteiger charge is -2.08. The Balaban J connectivity index is 2.05. The van der Waals surface area contributed by atoms with E-state index in [0.717, 1.165) is 16.3 Å². The van der Waals surface area contributed by atoms with E-state index in [-0.39, 0.29) is 5.97 Å². The van der Waals surface area contributed by atoms with Crippen LogP contribution in [0.1, 0.15) is 16.1 Å². The molecule has 1 aromatic carbocycles. The number of aromatic nitrogens is 1. The average molecular weight is 304 g/mol. The summed E-state index contributed by atoms with van der Waals surface area (Å²) >= 11 is 1.59. The van der Waals surface area contributed by atoms with Gasteiger partial charge in [0.25, 0.3) is 0 Å². The molecule has 110 valence electrons. The van der Waals surface area contributed by atoms with E-state index in [9.17, 15) is 4.79 Å². The number of thioether (sulfide) groups is 1. The van der Waals surface area contributed by atoms with E-state index in [4.69, 9.17) is 10.5 Å². The van der Waals surface area contributed by atoms with Gasteiger partial charge in [-0.3, -0.25) is 4.98 Å². The fraction of sp³-hybridized carbons (Fsp3) is 0.200. The third-order valence-electron chi connectivity index (χ3n) is 2.81. The topological polar surface area (TPSA) is 74.4 Å². The van der Waals surface area contributed by atoms with E-state index in [2.05, 4.69) is 9.72 Å². The van der Waals surface area contributed by atoms with Crippen LogP contribution in [0, 0.1) is 0 Å². The Hall–Kier alpha value is -2.21. The lowest BCUT2D eigenvalue weighted by Crippen LogP contribution is -2.02. The van der Waals surface area contributed by atoms with Crippen molar-refractivity contribution in [2.45, 2.75) is 10.6 Å². The molecule has 0 saturated heterocycles. The molecule has 1 heterocycles. The molecule has 2 aromatic rings. The number of carbonyl (C=O) groups excluding carboxylic acids is 1. The second-order valence-electron chi connectivity index (χ2n) is 4.23. The van der Waals surface area contributed by atoms with Crippen LogP contribution in [0.15, 0.2) is 41.4 Å². The molecular formula is C15H16N2O3S. The van der Waals surface area contributed by atoms with E-state index in [1.807, 2.05) is 18.2 Å². The molecule has 0 aliphatic rings. The molecule has 0 amide bonds. The molecule has 0 saturated carbocycles. The summed E-state index contributed by atoms with van der Waals surface area (Å²) in [5, 5.41) is 0. The highest BCUT2D eigenvalue weighted by molar-refractivity contribution is 7.98. The minimum atomic E-state index is -0.387. The molecule has 0 fully saturated rings. The van der Waals surface area contributed by atoms with Crippen LogP contribution in [0.25, 0.3) is 0 Å². The Kier molecular flexibility index (Phi) is 5.05. The highest BCUT2D eigenvalue weighted by atomic mass is 32.2. The smallest absolute Gasteiger partial charge is 0.339 e. The number of pyridine rings is 1. The quantitative estimate of drug-likeness (QED) is 0.520. The Morgan fingerprint density at radius 3 is 2.71 bits per heavy atom. The van der Waals surface area contributed by atoms with Gasteiger partial charge in [0, 0.05) is 28.6 Å². The highest BCUT2D eigenvalue weighted by Crippen LogP contribution is 2.32. The average Bonchev–Trinajstić information content (AvgIpc) is 2.53. The molecule has 0 unspecified atom stereocenters. The zero-order chi connectivity index (χ0) is 15.2. The molecule has 0 atom stereocenters. The van der Waals surface area contributed by atoms with Gasteiger partial charge in [0.2, 0.25) is 0 Å². The summed E-state index contributed by atoms with van der Waals surface area (Å²) in [4.78, 5) is 16.6. The normalized spacial score (nSPS) is 10.2. The molecule has 2 rings (SSSR count). The minimum Gasteiger partial charge on any atom is -0.496 e. The standard InChI is InChI=1S/C15H16N2O3S/c1-19-13-7-11(16)4-6-14(13)21-9-12-5-3-10(8-17-12)15(18)20-2/h3-8H,9,16H2,1-2H3. The lowest BCUT2D eigenvalue weighted by atomic mass is 10.2. The first-order valence-electron chi connectivity index (χ1n) is 6.23. The van der Waals surface area contributed by atoms with Crippen molar-refractivity contribution in [3.05, 3.63) is 47.8 Å². The van der Waals surface area contributed by atoms with E-state index < -0.39 is 0 Å². The van der Waals surface area contributed by atoms with Gasteiger partial charge >= 0.3 is 5.97 Å². The van der Waals surface area contributed by atoms with Crippen LogP contribution in [0.3, 0.4) is 0 Å². The van der Waals surface area contributed by atoms with Crippen molar-refractivity contribution < 1.29 is 14.3 Å². The Bertz CT molecular complexity index is 629. The fourth-order valence-corrected chi connectivity index (χ4v) is 2.63. The van der Waals surface area contributed by atoms with Crippen molar-refractivity contribution >= 4 is 23.4 Å². The van der Waals surface area contributed by atoms with Crippen LogP contribution in [0.4, 0.5) is 5.69 Å². The van der Waals surface area contributed by atoms with Crippen LogP contribution in [-0.4, -0.2) is 25.2 Å². The summed E-state index contributed by atoms with van der Waals surface area (Å²) in [5.41, 5.74) is 7.69. The molecule has 5 nitrogen and oxygen atoms in total. The van der Waals surface area contributed by atoms with Crippen molar-refractivity contribution in [1.29, 1.82) is 0 Å². The van der Waals surface area contributed by atoms with E-state index >= 15 is 0 Å². The molecule has 0 aliphatic carbocycles. The van der Waals surface area contributed by atoms with Gasteiger partial charge in [-0.1, -0.05) is 0 Å². The number of hydrogen-bond acceptors (Lipinski definition) is 6. The number of benzene rings is 1. The van der Waals surface area contributed by atoms with Crippen molar-refractivity contribution in [3.8, 4) is 5.75 Å². The second kappa shape index (κ2) is 6.99. The molecule has 2 N–H and O–H groups in total. The molecule has 0 aliphatic heterocycles. The Morgan fingerprint density at radius 1 is 1.29 bits per heavy atom. The van der Waals surface area contributed by atoms with Crippen LogP contribution < -0.4 is 10.5 Å². The number of ether oxygens (including phenoxy) is 2. The number of rotatable bonds is 5. The molecule has 21 heavy (non-hydrogen) atoms. The molecule has 0 radical (unpaired) electrons. The Morgan fingerprint density at radius 2 is 2.10 bits per heavy atom. The van der Waals surface area contributed by atoms with Gasteiger partial charge in [-0.25, -0.2) is 4.79 Å². The van der Waals surface area contributed by atoms with E-state index in [1.54, 1.807) is 31.0 Å². The summed E-state index contributed by atoms with van der Waals surface area (Å²) in [6.07, 6.45) is 1.52. The number of anilines is 1. The first-order chi connectivity index (χ1) is 10.1. The van der Waals surface area contributed by atoms with Crippen LogP contribution in [-0.2, 0) is 10.5 Å². The zero-order valence-electron chi connectivity index (χ0n) is 11.8. The maximum absolute atomic E-state index is 11.3. The summed E-state index contributed by atoms with van der Waals surface area (Å²) in [7, 11) is 2.96. The van der Waals surface area contributed by atoms with Crippen LogP contribution in [0.5, 0.6) is 5.75 Å². The minimum absolute atomic E-state index is 0.387. The van der Waals surface area contributed by atoms with Crippen molar-refractivity contribution in [2.24, 2.45) is 0 Å². The maximum Gasteiger partial charge on any atom is 0.339 e. The molecule has 1 aromatic heterocycles. The fourth-order valence-electron chi connectivity index (χ4n) is 1.70. The second-order valence-corrected chi connectivity index (χ2v) is 5.25. The van der Waals surface area contributed by atoms with Gasteiger partial charge < -0.3 is 15.2 Å². The van der Waals surface area contributed by atoms with Gasteiger partial charge in [0.1, 0.15) is 5.75 Å². The Labute approximate surface area is 127 Å². The third-order valence-corrected chi connectivity index (χ3v) is 3.90. The predicted octanol–water partition coefficient (Wildman–Crippen LogP) is 2.75. The van der Waals surface area contributed by atoms with Crippen molar-refractivity contribution in [1.82, 2.24) is 4.98 Å². The summed E-state index contributed by atoms with van der Waals surface area (Å²) in [6, 6.07) is 9.05. The van der Waals surface area contributed by atoms with Crippen molar-refractivity contribution in [2.75, 3.05) is 20.0 Å². The number of methoxy groups -OCH3 is 2. The summed E-state index contributed by atoms with van der Waals surface area (Å²) < 4.78 is 9.93. The number of nitrogens with zero attached hydrogens (tertiary/aromatic N) is 1. The predicted molar refractivity (Wildman–Crippen MR) is 82.5 cm³/mol. The maximum atomic E-state index is 11.3. The third kappa shape index (κ3) is 3.88. The summed E-state index contributed by atoms with van der Waals surface area (Å²) in [6.45, 7) is 0. The first-order valence-corrected chi connectivity index (χ1v) is 7.22.